The van der Waals surface area contributed by atoms with Gasteiger partial charge in [0.2, 0.25) is 0 Å². The van der Waals surface area contributed by atoms with Gasteiger partial charge in [-0.15, -0.1) is 0 Å². The number of nitrogens with two attached hydrogens (primary N) is 1. The first-order chi connectivity index (χ1) is 11.9. The van der Waals surface area contributed by atoms with Gasteiger partial charge in [-0.1, -0.05) is 0 Å². The zero-order chi connectivity index (χ0) is 18.0. The molecule has 2 aliphatic rings. The van der Waals surface area contributed by atoms with Crippen molar-refractivity contribution in [3.63, 3.8) is 0 Å². The Hall–Kier alpha value is -1.40. The van der Waals surface area contributed by atoms with Crippen LogP contribution >= 0.6 is 0 Å². The zero-order valence-electron chi connectivity index (χ0n) is 15.1. The van der Waals surface area contributed by atoms with Gasteiger partial charge in [0, 0.05) is 31.4 Å². The van der Waals surface area contributed by atoms with Crippen LogP contribution in [-0.2, 0) is 4.74 Å². The molecular weight excluding hydrogens is 324 g/mol. The molecule has 4 nitrogen and oxygen atoms in total. The van der Waals surface area contributed by atoms with Crippen molar-refractivity contribution in [1.82, 2.24) is 0 Å². The fraction of sp³-hybridized carbons (Fsp3) is 0.684. The minimum Gasteiger partial charge on any atom is -0.385 e. The van der Waals surface area contributed by atoms with E-state index in [0.29, 0.717) is 30.7 Å². The number of nitrogens with zero attached hydrogens (tertiary/aromatic N) is 1. The van der Waals surface area contributed by atoms with Crippen LogP contribution in [0, 0.1) is 17.6 Å². The summed E-state index contributed by atoms with van der Waals surface area (Å²) in [4.78, 5) is 1.75. The van der Waals surface area contributed by atoms with E-state index < -0.39 is 11.6 Å². The van der Waals surface area contributed by atoms with Gasteiger partial charge in [-0.25, -0.2) is 8.78 Å². The third kappa shape index (κ3) is 4.61. The second kappa shape index (κ2) is 7.87. The number of nitrogens with one attached hydrogen (secondary N) is 1. The van der Waals surface area contributed by atoms with Gasteiger partial charge in [0.1, 0.15) is 5.69 Å². The Morgan fingerprint density at radius 1 is 1.08 bits per heavy atom. The van der Waals surface area contributed by atoms with Gasteiger partial charge in [-0.3, -0.25) is 0 Å². The molecule has 0 radical (unpaired) electrons. The third-order valence-electron chi connectivity index (χ3n) is 5.24. The highest BCUT2D eigenvalue weighted by Crippen LogP contribution is 2.30. The van der Waals surface area contributed by atoms with Crippen molar-refractivity contribution in [2.45, 2.75) is 57.8 Å². The molecule has 25 heavy (non-hydrogen) atoms. The number of rotatable bonds is 4. The molecule has 3 rings (SSSR count). The molecule has 0 bridgehead atoms. The first-order valence-corrected chi connectivity index (χ1v) is 9.31. The van der Waals surface area contributed by atoms with E-state index in [1.165, 1.54) is 12.1 Å². The highest BCUT2D eigenvalue weighted by molar-refractivity contribution is 5.58. The highest BCUT2D eigenvalue weighted by atomic mass is 19.1. The fourth-order valence-electron chi connectivity index (χ4n) is 3.98. The topological polar surface area (TPSA) is 50.5 Å². The Morgan fingerprint density at radius 3 is 2.20 bits per heavy atom. The van der Waals surface area contributed by atoms with E-state index in [1.807, 2.05) is 13.8 Å². The van der Waals surface area contributed by atoms with Gasteiger partial charge < -0.3 is 20.7 Å². The molecular formula is C19H29F2N3O. The molecule has 0 spiro atoms. The molecule has 1 aromatic carbocycles. The number of morpholine rings is 1. The summed E-state index contributed by atoms with van der Waals surface area (Å²) in [7, 11) is 0. The number of hydrogen-bond donors (Lipinski definition) is 2. The molecule has 1 saturated carbocycles. The minimum absolute atomic E-state index is 0.0435. The molecule has 0 amide bonds. The quantitative estimate of drug-likeness (QED) is 0.870. The SMILES string of the molecule is CC1CN(c2c(F)cc(NCC3CCC(N)CC3)cc2F)CC(C)O1. The van der Waals surface area contributed by atoms with Crippen molar-refractivity contribution in [2.24, 2.45) is 11.7 Å². The van der Waals surface area contributed by atoms with Crippen LogP contribution in [0.5, 0.6) is 0 Å². The molecule has 3 N–H and O–H groups in total. The van der Waals surface area contributed by atoms with E-state index in [0.717, 1.165) is 32.2 Å². The molecule has 0 aromatic heterocycles. The second-order valence-electron chi connectivity index (χ2n) is 7.61. The predicted molar refractivity (Wildman–Crippen MR) is 97.0 cm³/mol. The molecule has 1 aliphatic heterocycles. The summed E-state index contributed by atoms with van der Waals surface area (Å²) < 4.78 is 34.8. The van der Waals surface area contributed by atoms with Gasteiger partial charge in [-0.05, 0) is 57.6 Å². The Balaban J connectivity index is 1.65. The van der Waals surface area contributed by atoms with Crippen LogP contribution in [0.2, 0.25) is 0 Å². The van der Waals surface area contributed by atoms with Gasteiger partial charge in [0.05, 0.1) is 12.2 Å². The van der Waals surface area contributed by atoms with E-state index >= 15 is 0 Å². The molecule has 2 fully saturated rings. The van der Waals surface area contributed by atoms with Gasteiger partial charge in [0.25, 0.3) is 0 Å². The summed E-state index contributed by atoms with van der Waals surface area (Å²) >= 11 is 0. The normalized spacial score (nSPS) is 30.4. The maximum Gasteiger partial charge on any atom is 0.151 e. The summed E-state index contributed by atoms with van der Waals surface area (Å²) in [6.45, 7) is 5.56. The zero-order valence-corrected chi connectivity index (χ0v) is 15.1. The van der Waals surface area contributed by atoms with E-state index in [9.17, 15) is 8.78 Å². The van der Waals surface area contributed by atoms with Crippen molar-refractivity contribution in [2.75, 3.05) is 29.9 Å². The van der Waals surface area contributed by atoms with Crippen LogP contribution < -0.4 is 16.0 Å². The standard InChI is InChI=1S/C19H29F2N3O/c1-12-10-24(11-13(2)25-12)19-17(20)7-16(8-18(19)21)23-9-14-3-5-15(22)6-4-14/h7-8,12-15,23H,3-6,9-11,22H2,1-2H3. The molecule has 1 aromatic rings. The first-order valence-electron chi connectivity index (χ1n) is 9.31. The molecule has 1 aliphatic carbocycles. The van der Waals surface area contributed by atoms with E-state index in [4.69, 9.17) is 10.5 Å². The average Bonchev–Trinajstić information content (AvgIpc) is 2.53. The van der Waals surface area contributed by atoms with Crippen molar-refractivity contribution in [3.8, 4) is 0 Å². The van der Waals surface area contributed by atoms with Crippen LogP contribution in [0.15, 0.2) is 12.1 Å². The fourth-order valence-corrected chi connectivity index (χ4v) is 3.98. The Morgan fingerprint density at radius 2 is 1.64 bits per heavy atom. The molecule has 2 unspecified atom stereocenters. The Bertz CT molecular complexity index is 557. The van der Waals surface area contributed by atoms with Gasteiger partial charge in [0.15, 0.2) is 11.6 Å². The van der Waals surface area contributed by atoms with Gasteiger partial charge >= 0.3 is 0 Å². The van der Waals surface area contributed by atoms with Crippen molar-refractivity contribution in [3.05, 3.63) is 23.8 Å². The van der Waals surface area contributed by atoms with Crippen LogP contribution in [0.4, 0.5) is 20.2 Å². The van der Waals surface area contributed by atoms with E-state index in [-0.39, 0.29) is 17.9 Å². The Labute approximate surface area is 148 Å². The summed E-state index contributed by atoms with van der Waals surface area (Å²) in [5, 5.41) is 3.19. The smallest absolute Gasteiger partial charge is 0.151 e. The molecule has 2 atom stereocenters. The number of halogens is 2. The lowest BCUT2D eigenvalue weighted by molar-refractivity contribution is -0.00557. The van der Waals surface area contributed by atoms with E-state index in [2.05, 4.69) is 5.32 Å². The second-order valence-corrected chi connectivity index (χ2v) is 7.61. The number of ether oxygens (including phenoxy) is 1. The largest absolute Gasteiger partial charge is 0.385 e. The van der Waals surface area contributed by atoms with Crippen molar-refractivity contribution in [1.29, 1.82) is 0 Å². The van der Waals surface area contributed by atoms with Gasteiger partial charge in [-0.2, -0.15) is 0 Å². The number of anilines is 2. The van der Waals surface area contributed by atoms with Crippen molar-refractivity contribution < 1.29 is 13.5 Å². The first kappa shape index (κ1) is 18.4. The number of hydrogen-bond acceptors (Lipinski definition) is 4. The Kier molecular flexibility index (Phi) is 5.79. The maximum atomic E-state index is 14.6. The molecule has 1 saturated heterocycles. The van der Waals surface area contributed by atoms with Crippen molar-refractivity contribution >= 4 is 11.4 Å². The van der Waals surface area contributed by atoms with Crippen LogP contribution in [0.1, 0.15) is 39.5 Å². The maximum absolute atomic E-state index is 14.6. The highest BCUT2D eigenvalue weighted by Gasteiger charge is 2.27. The number of benzene rings is 1. The van der Waals surface area contributed by atoms with Crippen LogP contribution in [-0.4, -0.2) is 37.9 Å². The van der Waals surface area contributed by atoms with Crippen LogP contribution in [0.3, 0.4) is 0 Å². The molecule has 6 heteroatoms. The lowest BCUT2D eigenvalue weighted by atomic mass is 9.86. The molecule has 1 heterocycles. The lowest BCUT2D eigenvalue weighted by Gasteiger charge is -2.37. The monoisotopic (exact) mass is 353 g/mol. The molecule has 140 valence electrons. The lowest BCUT2D eigenvalue weighted by Crippen LogP contribution is -2.46. The van der Waals surface area contributed by atoms with Crippen LogP contribution in [0.25, 0.3) is 0 Å². The summed E-state index contributed by atoms with van der Waals surface area (Å²) in [6, 6.07) is 3.11. The third-order valence-corrected chi connectivity index (χ3v) is 5.24. The summed E-state index contributed by atoms with van der Waals surface area (Å²) in [5.41, 5.74) is 6.47. The summed E-state index contributed by atoms with van der Waals surface area (Å²) in [5.74, 6) is -0.518. The van der Waals surface area contributed by atoms with E-state index in [1.54, 1.807) is 4.90 Å². The average molecular weight is 353 g/mol. The summed E-state index contributed by atoms with van der Waals surface area (Å²) in [6.07, 6.45) is 4.11. The minimum atomic E-state index is -0.519. The predicted octanol–water partition coefficient (Wildman–Crippen LogP) is 3.51.